The molecule has 134 valence electrons. The Hall–Kier alpha value is -2.66. The number of hydrogen-bond donors (Lipinski definition) is 1. The Labute approximate surface area is 152 Å². The van der Waals surface area contributed by atoms with Crippen LogP contribution in [0.15, 0.2) is 36.2 Å². The molecule has 5 heteroatoms. The number of fused-ring (bicyclic) bond motifs is 1. The molecule has 0 aliphatic carbocycles. The van der Waals surface area contributed by atoms with Crippen LogP contribution in [0, 0.1) is 6.92 Å². The first kappa shape index (κ1) is 16.8. The van der Waals surface area contributed by atoms with Gasteiger partial charge in [-0.3, -0.25) is 14.7 Å². The second-order valence-electron chi connectivity index (χ2n) is 6.93. The minimum absolute atomic E-state index is 0.150. The van der Waals surface area contributed by atoms with Gasteiger partial charge in [-0.05, 0) is 56.6 Å². The molecule has 1 aromatic carbocycles. The lowest BCUT2D eigenvalue weighted by atomic mass is 9.99. The van der Waals surface area contributed by atoms with Crippen LogP contribution < -0.4 is 4.74 Å². The number of rotatable bonds is 3. The van der Waals surface area contributed by atoms with Gasteiger partial charge in [0.15, 0.2) is 5.76 Å². The van der Waals surface area contributed by atoms with Gasteiger partial charge in [0.25, 0.3) is 0 Å². The summed E-state index contributed by atoms with van der Waals surface area (Å²) in [7, 11) is 0. The Balaban J connectivity index is 1.71. The van der Waals surface area contributed by atoms with E-state index < -0.39 is 0 Å². The van der Waals surface area contributed by atoms with E-state index in [1.165, 1.54) is 19.3 Å². The zero-order valence-electron chi connectivity index (χ0n) is 14.9. The molecule has 1 saturated heterocycles. The van der Waals surface area contributed by atoms with Gasteiger partial charge in [-0.2, -0.15) is 0 Å². The van der Waals surface area contributed by atoms with E-state index in [9.17, 15) is 9.90 Å². The average molecular weight is 350 g/mol. The van der Waals surface area contributed by atoms with Crippen LogP contribution in [0.4, 0.5) is 0 Å². The predicted octanol–water partition coefficient (Wildman–Crippen LogP) is 3.70. The number of allylic oxidation sites excluding steroid dienone is 1. The molecule has 2 aliphatic rings. The summed E-state index contributed by atoms with van der Waals surface area (Å²) in [5.74, 6) is 0.800. The van der Waals surface area contributed by atoms with Crippen LogP contribution in [0.5, 0.6) is 11.5 Å². The third-order valence-electron chi connectivity index (χ3n) is 5.02. The van der Waals surface area contributed by atoms with Crippen LogP contribution in [0.1, 0.15) is 46.4 Å². The summed E-state index contributed by atoms with van der Waals surface area (Å²) in [5.41, 5.74) is 2.65. The molecule has 0 bridgehead atoms. The van der Waals surface area contributed by atoms with Gasteiger partial charge in [0.1, 0.15) is 11.5 Å². The molecule has 0 atom stereocenters. The van der Waals surface area contributed by atoms with Crippen molar-refractivity contribution in [2.75, 3.05) is 13.1 Å². The van der Waals surface area contributed by atoms with Crippen molar-refractivity contribution < 1.29 is 14.6 Å². The molecule has 0 unspecified atom stereocenters. The monoisotopic (exact) mass is 350 g/mol. The fourth-order valence-corrected chi connectivity index (χ4v) is 3.67. The van der Waals surface area contributed by atoms with Gasteiger partial charge in [-0.15, -0.1) is 0 Å². The highest BCUT2D eigenvalue weighted by Crippen LogP contribution is 2.42. The summed E-state index contributed by atoms with van der Waals surface area (Å²) in [6.45, 7) is 4.44. The summed E-state index contributed by atoms with van der Waals surface area (Å²) in [4.78, 5) is 19.4. The van der Waals surface area contributed by atoms with E-state index in [-0.39, 0.29) is 17.3 Å². The highest BCUT2D eigenvalue weighted by molar-refractivity contribution is 6.15. The maximum Gasteiger partial charge on any atom is 0.232 e. The van der Waals surface area contributed by atoms with Crippen molar-refractivity contribution in [3.8, 4) is 11.5 Å². The zero-order valence-corrected chi connectivity index (χ0v) is 14.9. The fourth-order valence-electron chi connectivity index (χ4n) is 3.67. The first-order valence-corrected chi connectivity index (χ1v) is 9.06. The van der Waals surface area contributed by atoms with Crippen molar-refractivity contribution in [1.82, 2.24) is 9.88 Å². The predicted molar refractivity (Wildman–Crippen MR) is 99.1 cm³/mol. The molecular formula is C21H22N2O3. The molecule has 3 heterocycles. The smallest absolute Gasteiger partial charge is 0.232 e. The molecule has 0 spiro atoms. The number of carbonyl (C=O) groups excluding carboxylic acids is 1. The van der Waals surface area contributed by atoms with E-state index in [0.29, 0.717) is 29.1 Å². The van der Waals surface area contributed by atoms with Gasteiger partial charge in [0.2, 0.25) is 5.78 Å². The van der Waals surface area contributed by atoms with E-state index in [1.54, 1.807) is 18.3 Å². The minimum Gasteiger partial charge on any atom is -0.507 e. The Morgan fingerprint density at radius 1 is 1.27 bits per heavy atom. The minimum atomic E-state index is -0.150. The highest BCUT2D eigenvalue weighted by Gasteiger charge is 2.33. The maximum atomic E-state index is 12.9. The van der Waals surface area contributed by atoms with Gasteiger partial charge in [0, 0.05) is 18.8 Å². The van der Waals surface area contributed by atoms with Gasteiger partial charge in [-0.1, -0.05) is 12.5 Å². The number of piperidine rings is 1. The topological polar surface area (TPSA) is 62.7 Å². The number of phenolic OH excluding ortho intramolecular Hbond substituents is 1. The standard InChI is InChI=1S/C21H22N2O3/c1-14-11-17(24)16(13-23-9-5-2-6-10-23)21-19(14)20(25)18(26-21)12-15-7-3-4-8-22-15/h3-4,7-8,11-12,24H,2,5-6,9-10,13H2,1H3/b18-12-. The van der Waals surface area contributed by atoms with Crippen molar-refractivity contribution in [1.29, 1.82) is 0 Å². The Morgan fingerprint density at radius 3 is 2.81 bits per heavy atom. The Bertz CT molecular complexity index is 869. The first-order chi connectivity index (χ1) is 12.6. The number of aromatic hydroxyl groups is 1. The lowest BCUT2D eigenvalue weighted by Gasteiger charge is -2.27. The fraction of sp³-hybridized carbons (Fsp3) is 0.333. The van der Waals surface area contributed by atoms with Crippen LogP contribution in [-0.2, 0) is 6.54 Å². The largest absolute Gasteiger partial charge is 0.507 e. The number of nitrogens with zero attached hydrogens (tertiary/aromatic N) is 2. The lowest BCUT2D eigenvalue weighted by Crippen LogP contribution is -2.29. The van der Waals surface area contributed by atoms with E-state index in [0.717, 1.165) is 18.7 Å². The van der Waals surface area contributed by atoms with E-state index in [4.69, 9.17) is 4.74 Å². The number of carbonyl (C=O) groups is 1. The Kier molecular flexibility index (Phi) is 4.47. The number of Topliss-reactive ketones (excluding diaryl/α,β-unsaturated/α-hetero) is 1. The molecule has 2 aromatic rings. The number of aromatic nitrogens is 1. The molecule has 1 N–H and O–H groups in total. The molecule has 1 fully saturated rings. The van der Waals surface area contributed by atoms with Crippen molar-refractivity contribution >= 4 is 11.9 Å². The van der Waals surface area contributed by atoms with E-state index in [1.807, 2.05) is 25.1 Å². The third-order valence-corrected chi connectivity index (χ3v) is 5.02. The number of aryl methyl sites for hydroxylation is 1. The molecule has 2 aliphatic heterocycles. The van der Waals surface area contributed by atoms with Crippen molar-refractivity contribution in [2.45, 2.75) is 32.7 Å². The molecule has 5 nitrogen and oxygen atoms in total. The lowest BCUT2D eigenvalue weighted by molar-refractivity contribution is 0.101. The molecule has 4 rings (SSSR count). The molecule has 1 aromatic heterocycles. The average Bonchev–Trinajstić information content (AvgIpc) is 2.97. The number of benzene rings is 1. The van der Waals surface area contributed by atoms with Crippen LogP contribution in [0.3, 0.4) is 0 Å². The second kappa shape index (κ2) is 6.92. The van der Waals surface area contributed by atoms with E-state index >= 15 is 0 Å². The van der Waals surface area contributed by atoms with Crippen LogP contribution in [0.25, 0.3) is 6.08 Å². The van der Waals surface area contributed by atoms with Crippen molar-refractivity contribution in [3.05, 3.63) is 58.6 Å². The number of pyridine rings is 1. The maximum absolute atomic E-state index is 12.9. The SMILES string of the molecule is Cc1cc(O)c(CN2CCCCC2)c2c1C(=O)/C(=C/c1ccccn1)O2. The number of likely N-dealkylation sites (tertiary alicyclic amines) is 1. The van der Waals surface area contributed by atoms with Gasteiger partial charge < -0.3 is 9.84 Å². The van der Waals surface area contributed by atoms with Gasteiger partial charge >= 0.3 is 0 Å². The second-order valence-corrected chi connectivity index (χ2v) is 6.93. The summed E-state index contributed by atoms with van der Waals surface area (Å²) in [6.07, 6.45) is 6.92. The summed E-state index contributed by atoms with van der Waals surface area (Å²) in [5, 5.41) is 10.5. The van der Waals surface area contributed by atoms with Crippen molar-refractivity contribution in [3.63, 3.8) is 0 Å². The number of phenols is 1. The summed E-state index contributed by atoms with van der Waals surface area (Å²) < 4.78 is 5.94. The first-order valence-electron chi connectivity index (χ1n) is 9.06. The van der Waals surface area contributed by atoms with Crippen LogP contribution >= 0.6 is 0 Å². The third kappa shape index (κ3) is 3.10. The van der Waals surface area contributed by atoms with E-state index in [2.05, 4.69) is 9.88 Å². The summed E-state index contributed by atoms with van der Waals surface area (Å²) in [6, 6.07) is 7.19. The molecule has 26 heavy (non-hydrogen) atoms. The van der Waals surface area contributed by atoms with Gasteiger partial charge in [0.05, 0.1) is 16.8 Å². The quantitative estimate of drug-likeness (QED) is 0.855. The normalized spacial score (nSPS) is 18.8. The molecule has 0 amide bonds. The molecular weight excluding hydrogens is 328 g/mol. The number of ether oxygens (including phenoxy) is 1. The summed E-state index contributed by atoms with van der Waals surface area (Å²) >= 11 is 0. The number of ketones is 1. The highest BCUT2D eigenvalue weighted by atomic mass is 16.5. The Morgan fingerprint density at radius 2 is 2.08 bits per heavy atom. The molecule has 0 radical (unpaired) electrons. The van der Waals surface area contributed by atoms with Crippen LogP contribution in [-0.4, -0.2) is 33.9 Å². The number of hydrogen-bond acceptors (Lipinski definition) is 5. The zero-order chi connectivity index (χ0) is 18.1. The van der Waals surface area contributed by atoms with Gasteiger partial charge in [-0.25, -0.2) is 0 Å². The van der Waals surface area contributed by atoms with Crippen LogP contribution in [0.2, 0.25) is 0 Å². The molecule has 0 saturated carbocycles. The van der Waals surface area contributed by atoms with Crippen molar-refractivity contribution in [2.24, 2.45) is 0 Å².